The number of benzene rings is 2. The predicted octanol–water partition coefficient (Wildman–Crippen LogP) is 4.38. The minimum atomic E-state index is -0.270. The maximum atomic E-state index is 12.3. The maximum Gasteiger partial charge on any atom is 0.319 e. The Kier molecular flexibility index (Phi) is 5.11. The third-order valence-electron chi connectivity index (χ3n) is 3.79. The first-order valence-corrected chi connectivity index (χ1v) is 8.26. The molecule has 1 aliphatic heterocycles. The van der Waals surface area contributed by atoms with Gasteiger partial charge in [-0.1, -0.05) is 30.7 Å². The molecule has 5 nitrogen and oxygen atoms in total. The van der Waals surface area contributed by atoms with Crippen molar-refractivity contribution in [2.75, 3.05) is 18.5 Å². The van der Waals surface area contributed by atoms with Gasteiger partial charge in [-0.05, 0) is 36.2 Å². The van der Waals surface area contributed by atoms with Crippen molar-refractivity contribution in [2.45, 2.75) is 19.4 Å². The van der Waals surface area contributed by atoms with Gasteiger partial charge in [0.1, 0.15) is 13.2 Å². The molecule has 1 heterocycles. The van der Waals surface area contributed by atoms with E-state index in [9.17, 15) is 4.79 Å². The molecule has 0 unspecified atom stereocenters. The molecule has 3 rings (SSSR count). The normalized spacial score (nSPS) is 13.9. The van der Waals surface area contributed by atoms with Gasteiger partial charge in [0, 0.05) is 16.8 Å². The number of carbonyl (C=O) groups is 1. The van der Waals surface area contributed by atoms with Gasteiger partial charge in [-0.25, -0.2) is 4.79 Å². The lowest BCUT2D eigenvalue weighted by molar-refractivity contribution is 0.171. The number of amides is 2. The SMILES string of the molecule is CC[C@@H](NC(=O)Nc1ccc2c(c1)OCCO2)c1ccc(Cl)cc1. The highest BCUT2D eigenvalue weighted by Crippen LogP contribution is 2.32. The van der Waals surface area contributed by atoms with Crippen LogP contribution in [0.1, 0.15) is 24.9 Å². The van der Waals surface area contributed by atoms with Crippen LogP contribution in [0.25, 0.3) is 0 Å². The molecule has 2 aromatic rings. The fourth-order valence-electron chi connectivity index (χ4n) is 2.56. The molecular formula is C18H19ClN2O3. The summed E-state index contributed by atoms with van der Waals surface area (Å²) in [7, 11) is 0. The van der Waals surface area contributed by atoms with Crippen LogP contribution in [0, 0.1) is 0 Å². The molecule has 0 saturated carbocycles. The largest absolute Gasteiger partial charge is 0.486 e. The van der Waals surface area contributed by atoms with Crippen LogP contribution in [0.5, 0.6) is 11.5 Å². The highest BCUT2D eigenvalue weighted by atomic mass is 35.5. The average molecular weight is 347 g/mol. The Morgan fingerprint density at radius 1 is 1.12 bits per heavy atom. The minimum Gasteiger partial charge on any atom is -0.486 e. The molecule has 2 amide bonds. The summed E-state index contributed by atoms with van der Waals surface area (Å²) in [6, 6.07) is 12.5. The van der Waals surface area contributed by atoms with Crippen molar-refractivity contribution in [3.05, 3.63) is 53.1 Å². The van der Waals surface area contributed by atoms with Crippen LogP contribution in [-0.4, -0.2) is 19.2 Å². The van der Waals surface area contributed by atoms with Gasteiger partial charge < -0.3 is 20.1 Å². The van der Waals surface area contributed by atoms with Crippen LogP contribution >= 0.6 is 11.6 Å². The average Bonchev–Trinajstić information content (AvgIpc) is 2.60. The summed E-state index contributed by atoms with van der Waals surface area (Å²) in [5.41, 5.74) is 1.67. The molecule has 2 N–H and O–H groups in total. The lowest BCUT2D eigenvalue weighted by atomic mass is 10.1. The van der Waals surface area contributed by atoms with E-state index in [-0.39, 0.29) is 12.1 Å². The van der Waals surface area contributed by atoms with E-state index in [1.54, 1.807) is 18.2 Å². The molecule has 0 spiro atoms. The predicted molar refractivity (Wildman–Crippen MR) is 94.1 cm³/mol. The molecule has 0 aromatic heterocycles. The van der Waals surface area contributed by atoms with Gasteiger partial charge in [0.25, 0.3) is 0 Å². The van der Waals surface area contributed by atoms with Gasteiger partial charge >= 0.3 is 6.03 Å². The molecule has 1 atom stereocenters. The molecule has 0 bridgehead atoms. The Labute approximate surface area is 145 Å². The van der Waals surface area contributed by atoms with Gasteiger partial charge in [0.15, 0.2) is 11.5 Å². The molecule has 24 heavy (non-hydrogen) atoms. The van der Waals surface area contributed by atoms with Crippen LogP contribution in [0.3, 0.4) is 0 Å². The van der Waals surface area contributed by atoms with Crippen LogP contribution < -0.4 is 20.1 Å². The number of hydrogen-bond acceptors (Lipinski definition) is 3. The summed E-state index contributed by atoms with van der Waals surface area (Å²) in [6.07, 6.45) is 0.774. The number of anilines is 1. The highest BCUT2D eigenvalue weighted by molar-refractivity contribution is 6.30. The van der Waals surface area contributed by atoms with Crippen LogP contribution in [0.15, 0.2) is 42.5 Å². The van der Waals surface area contributed by atoms with Gasteiger partial charge in [0.2, 0.25) is 0 Å². The summed E-state index contributed by atoms with van der Waals surface area (Å²) in [6.45, 7) is 3.07. The Morgan fingerprint density at radius 3 is 2.54 bits per heavy atom. The van der Waals surface area contributed by atoms with E-state index in [4.69, 9.17) is 21.1 Å². The summed E-state index contributed by atoms with van der Waals surface area (Å²) in [5.74, 6) is 1.34. The van der Waals surface area contributed by atoms with Crippen molar-refractivity contribution < 1.29 is 14.3 Å². The first-order chi connectivity index (χ1) is 11.7. The van der Waals surface area contributed by atoms with Crippen molar-refractivity contribution in [2.24, 2.45) is 0 Å². The molecular weight excluding hydrogens is 328 g/mol. The van der Waals surface area contributed by atoms with Crippen LogP contribution in [0.2, 0.25) is 5.02 Å². The molecule has 0 aliphatic carbocycles. The number of ether oxygens (including phenoxy) is 2. The maximum absolute atomic E-state index is 12.3. The zero-order valence-corrected chi connectivity index (χ0v) is 14.1. The Morgan fingerprint density at radius 2 is 1.83 bits per heavy atom. The van der Waals surface area contributed by atoms with E-state index >= 15 is 0 Å². The molecule has 0 radical (unpaired) electrons. The van der Waals surface area contributed by atoms with Gasteiger partial charge in [-0.2, -0.15) is 0 Å². The lowest BCUT2D eigenvalue weighted by Gasteiger charge is -2.20. The Hall–Kier alpha value is -2.40. The number of nitrogens with one attached hydrogen (secondary N) is 2. The zero-order chi connectivity index (χ0) is 16.9. The third kappa shape index (κ3) is 3.92. The van der Waals surface area contributed by atoms with Crippen molar-refractivity contribution in [3.8, 4) is 11.5 Å². The third-order valence-corrected chi connectivity index (χ3v) is 4.04. The van der Waals surface area contributed by atoms with Crippen LogP contribution in [0.4, 0.5) is 10.5 Å². The second-order valence-corrected chi connectivity index (χ2v) is 5.91. The molecule has 1 aliphatic rings. The number of rotatable bonds is 4. The summed E-state index contributed by atoms with van der Waals surface area (Å²) >= 11 is 5.91. The molecule has 6 heteroatoms. The molecule has 2 aromatic carbocycles. The fraction of sp³-hybridized carbons (Fsp3) is 0.278. The standard InChI is InChI=1S/C18H19ClN2O3/c1-2-15(12-3-5-13(19)6-4-12)21-18(22)20-14-7-8-16-17(11-14)24-10-9-23-16/h3-8,11,15H,2,9-10H2,1H3,(H2,20,21,22)/t15-/m1/s1. The molecule has 0 saturated heterocycles. The lowest BCUT2D eigenvalue weighted by Crippen LogP contribution is -2.32. The monoisotopic (exact) mass is 346 g/mol. The summed E-state index contributed by atoms with van der Waals surface area (Å²) in [4.78, 5) is 12.3. The van der Waals surface area contributed by atoms with Crippen molar-refractivity contribution in [1.82, 2.24) is 5.32 Å². The van der Waals surface area contributed by atoms with Gasteiger partial charge in [0.05, 0.1) is 6.04 Å². The fourth-order valence-corrected chi connectivity index (χ4v) is 2.69. The van der Waals surface area contributed by atoms with E-state index in [1.807, 2.05) is 31.2 Å². The van der Waals surface area contributed by atoms with Gasteiger partial charge in [-0.15, -0.1) is 0 Å². The number of fused-ring (bicyclic) bond motifs is 1. The number of carbonyl (C=O) groups excluding carboxylic acids is 1. The van der Waals surface area contributed by atoms with E-state index in [0.717, 1.165) is 12.0 Å². The second kappa shape index (κ2) is 7.45. The molecule has 126 valence electrons. The van der Waals surface area contributed by atoms with E-state index in [2.05, 4.69) is 10.6 Å². The first-order valence-electron chi connectivity index (χ1n) is 7.88. The summed E-state index contributed by atoms with van der Waals surface area (Å²) < 4.78 is 11.0. The number of halogens is 1. The van der Waals surface area contributed by atoms with Crippen molar-refractivity contribution in [3.63, 3.8) is 0 Å². The van der Waals surface area contributed by atoms with E-state index in [0.29, 0.717) is 35.4 Å². The van der Waals surface area contributed by atoms with E-state index in [1.165, 1.54) is 0 Å². The summed E-state index contributed by atoms with van der Waals surface area (Å²) in [5, 5.41) is 6.47. The van der Waals surface area contributed by atoms with E-state index < -0.39 is 0 Å². The number of hydrogen-bond donors (Lipinski definition) is 2. The van der Waals surface area contributed by atoms with Crippen LogP contribution in [-0.2, 0) is 0 Å². The second-order valence-electron chi connectivity index (χ2n) is 5.47. The highest BCUT2D eigenvalue weighted by Gasteiger charge is 2.15. The molecule has 0 fully saturated rings. The topological polar surface area (TPSA) is 59.6 Å². The van der Waals surface area contributed by atoms with Crippen molar-refractivity contribution >= 4 is 23.3 Å². The number of urea groups is 1. The zero-order valence-electron chi connectivity index (χ0n) is 13.3. The first kappa shape index (κ1) is 16.5. The van der Waals surface area contributed by atoms with Crippen molar-refractivity contribution in [1.29, 1.82) is 0 Å². The quantitative estimate of drug-likeness (QED) is 0.863. The Balaban J connectivity index is 1.65. The van der Waals surface area contributed by atoms with Gasteiger partial charge in [-0.3, -0.25) is 0 Å². The Bertz CT molecular complexity index is 719. The smallest absolute Gasteiger partial charge is 0.319 e. The minimum absolute atomic E-state index is 0.0838.